The largest absolute Gasteiger partial charge is 0.357 e. The van der Waals surface area contributed by atoms with Gasteiger partial charge in [0.2, 0.25) is 5.95 Å². The van der Waals surface area contributed by atoms with Crippen LogP contribution in [0.25, 0.3) is 0 Å². The highest BCUT2D eigenvalue weighted by Crippen LogP contribution is 2.09. The number of rotatable bonds is 4. The van der Waals surface area contributed by atoms with Gasteiger partial charge in [-0.25, -0.2) is 9.97 Å². The standard InChI is InChI=1S/C14H24N6.HI/c1-3-6-16-13(15-4-2)19-9-11-20(12-10-19)14-17-7-5-8-18-14;/h5,7-8H,3-4,6,9-12H2,1-2H3,(H,15,16);1H. The van der Waals surface area contributed by atoms with Crippen LogP contribution in [0.3, 0.4) is 0 Å². The predicted octanol–water partition coefficient (Wildman–Crippen LogP) is 1.59. The summed E-state index contributed by atoms with van der Waals surface area (Å²) in [5.74, 6) is 1.85. The van der Waals surface area contributed by atoms with Gasteiger partial charge in [0.05, 0.1) is 0 Å². The van der Waals surface area contributed by atoms with Crippen molar-refractivity contribution in [3.63, 3.8) is 0 Å². The van der Waals surface area contributed by atoms with E-state index < -0.39 is 0 Å². The number of piperazine rings is 1. The molecule has 0 saturated carbocycles. The molecule has 21 heavy (non-hydrogen) atoms. The van der Waals surface area contributed by atoms with Gasteiger partial charge in [0.15, 0.2) is 5.96 Å². The average molecular weight is 404 g/mol. The zero-order chi connectivity index (χ0) is 14.2. The molecule has 0 atom stereocenters. The normalized spacial score (nSPS) is 15.6. The molecule has 1 saturated heterocycles. The molecule has 0 aromatic carbocycles. The van der Waals surface area contributed by atoms with Crippen LogP contribution in [0.2, 0.25) is 0 Å². The van der Waals surface area contributed by atoms with E-state index in [1.807, 2.05) is 6.07 Å². The Morgan fingerprint density at radius 1 is 1.19 bits per heavy atom. The highest BCUT2D eigenvalue weighted by molar-refractivity contribution is 14.0. The molecule has 0 radical (unpaired) electrons. The van der Waals surface area contributed by atoms with Gasteiger partial charge in [0, 0.05) is 51.7 Å². The Bertz CT molecular complexity index is 417. The molecule has 118 valence electrons. The maximum absolute atomic E-state index is 4.64. The number of aromatic nitrogens is 2. The molecule has 6 nitrogen and oxygen atoms in total. The lowest BCUT2D eigenvalue weighted by atomic mass is 10.3. The zero-order valence-corrected chi connectivity index (χ0v) is 15.2. The molecule has 1 aliphatic heterocycles. The SMILES string of the molecule is CCCN=C(NCC)N1CCN(c2ncccn2)CC1.I. The summed E-state index contributed by atoms with van der Waals surface area (Å²) in [5.41, 5.74) is 0. The van der Waals surface area contributed by atoms with Gasteiger partial charge in [-0.3, -0.25) is 4.99 Å². The number of hydrogen-bond donors (Lipinski definition) is 1. The van der Waals surface area contributed by atoms with Crippen LogP contribution in [-0.4, -0.2) is 60.1 Å². The zero-order valence-electron chi connectivity index (χ0n) is 12.8. The Kier molecular flexibility index (Phi) is 8.33. The second-order valence-corrected chi connectivity index (χ2v) is 4.76. The van der Waals surface area contributed by atoms with E-state index >= 15 is 0 Å². The van der Waals surface area contributed by atoms with Gasteiger partial charge < -0.3 is 15.1 Å². The molecule has 0 aliphatic carbocycles. The minimum atomic E-state index is 0. The molecular weight excluding hydrogens is 379 g/mol. The summed E-state index contributed by atoms with van der Waals surface area (Å²) < 4.78 is 0. The maximum atomic E-state index is 4.64. The molecule has 0 unspecified atom stereocenters. The van der Waals surface area contributed by atoms with Gasteiger partial charge in [-0.15, -0.1) is 24.0 Å². The Balaban J connectivity index is 0.00000220. The lowest BCUT2D eigenvalue weighted by molar-refractivity contribution is 0.370. The summed E-state index contributed by atoms with van der Waals surface area (Å²) in [5, 5.41) is 3.37. The molecular formula is C14H25IN6. The summed E-state index contributed by atoms with van der Waals surface area (Å²) in [4.78, 5) is 17.8. The van der Waals surface area contributed by atoms with Crippen LogP contribution < -0.4 is 10.2 Å². The van der Waals surface area contributed by atoms with Crippen molar-refractivity contribution in [2.45, 2.75) is 20.3 Å². The first kappa shape index (κ1) is 17.9. The number of halogens is 1. The van der Waals surface area contributed by atoms with Crippen molar-refractivity contribution in [3.05, 3.63) is 18.5 Å². The summed E-state index contributed by atoms with van der Waals surface area (Å²) in [6, 6.07) is 1.85. The van der Waals surface area contributed by atoms with E-state index in [2.05, 4.69) is 43.9 Å². The van der Waals surface area contributed by atoms with Crippen molar-refractivity contribution in [1.29, 1.82) is 0 Å². The molecule has 7 heteroatoms. The van der Waals surface area contributed by atoms with Crippen LogP contribution in [0, 0.1) is 0 Å². The third-order valence-electron chi connectivity index (χ3n) is 3.23. The first-order valence-corrected chi connectivity index (χ1v) is 7.40. The van der Waals surface area contributed by atoms with E-state index in [0.717, 1.165) is 57.6 Å². The van der Waals surface area contributed by atoms with Crippen molar-refractivity contribution in [3.8, 4) is 0 Å². The monoisotopic (exact) mass is 404 g/mol. The molecule has 2 rings (SSSR count). The number of anilines is 1. The second-order valence-electron chi connectivity index (χ2n) is 4.76. The minimum Gasteiger partial charge on any atom is -0.357 e. The van der Waals surface area contributed by atoms with Gasteiger partial charge in [-0.1, -0.05) is 6.92 Å². The van der Waals surface area contributed by atoms with Gasteiger partial charge >= 0.3 is 0 Å². The Labute approximate surface area is 144 Å². The molecule has 0 amide bonds. The van der Waals surface area contributed by atoms with Crippen molar-refractivity contribution >= 4 is 35.9 Å². The lowest BCUT2D eigenvalue weighted by Crippen LogP contribution is -2.53. The van der Waals surface area contributed by atoms with Crippen LogP contribution in [-0.2, 0) is 0 Å². The van der Waals surface area contributed by atoms with Gasteiger partial charge in [-0.2, -0.15) is 0 Å². The van der Waals surface area contributed by atoms with E-state index in [9.17, 15) is 0 Å². The lowest BCUT2D eigenvalue weighted by Gasteiger charge is -2.36. The number of guanidine groups is 1. The first-order chi connectivity index (χ1) is 9.85. The van der Waals surface area contributed by atoms with Gasteiger partial charge in [-0.05, 0) is 19.4 Å². The number of aliphatic imine (C=N–C) groups is 1. The van der Waals surface area contributed by atoms with E-state index in [1.165, 1.54) is 0 Å². The molecule has 1 aliphatic rings. The fourth-order valence-corrected chi connectivity index (χ4v) is 2.22. The van der Waals surface area contributed by atoms with Gasteiger partial charge in [0.1, 0.15) is 0 Å². The van der Waals surface area contributed by atoms with Crippen LogP contribution >= 0.6 is 24.0 Å². The number of nitrogens with zero attached hydrogens (tertiary/aromatic N) is 5. The smallest absolute Gasteiger partial charge is 0.225 e. The summed E-state index contributed by atoms with van der Waals surface area (Å²) in [6.07, 6.45) is 4.66. The highest BCUT2D eigenvalue weighted by Gasteiger charge is 2.20. The van der Waals surface area contributed by atoms with E-state index in [1.54, 1.807) is 12.4 Å². The molecule has 1 N–H and O–H groups in total. The number of nitrogens with one attached hydrogen (secondary N) is 1. The van der Waals surface area contributed by atoms with Crippen LogP contribution in [0.5, 0.6) is 0 Å². The second kappa shape index (κ2) is 9.75. The topological polar surface area (TPSA) is 56.7 Å². The average Bonchev–Trinajstić information content (AvgIpc) is 2.52. The molecule has 1 aromatic heterocycles. The predicted molar refractivity (Wildman–Crippen MR) is 97.5 cm³/mol. The van der Waals surface area contributed by atoms with E-state index in [-0.39, 0.29) is 24.0 Å². The van der Waals surface area contributed by atoms with Crippen LogP contribution in [0.15, 0.2) is 23.5 Å². The quantitative estimate of drug-likeness (QED) is 0.470. The summed E-state index contributed by atoms with van der Waals surface area (Å²) >= 11 is 0. The van der Waals surface area contributed by atoms with Crippen molar-refractivity contribution < 1.29 is 0 Å². The first-order valence-electron chi connectivity index (χ1n) is 7.40. The van der Waals surface area contributed by atoms with E-state index in [4.69, 9.17) is 0 Å². The molecule has 0 bridgehead atoms. The van der Waals surface area contributed by atoms with Crippen molar-refractivity contribution in [1.82, 2.24) is 20.2 Å². The Morgan fingerprint density at radius 2 is 1.86 bits per heavy atom. The van der Waals surface area contributed by atoms with Crippen LogP contribution in [0.1, 0.15) is 20.3 Å². The van der Waals surface area contributed by atoms with Crippen molar-refractivity contribution in [2.75, 3.05) is 44.2 Å². The van der Waals surface area contributed by atoms with Crippen LogP contribution in [0.4, 0.5) is 5.95 Å². The fraction of sp³-hybridized carbons (Fsp3) is 0.643. The molecule has 1 aromatic rings. The Morgan fingerprint density at radius 3 is 2.43 bits per heavy atom. The maximum Gasteiger partial charge on any atom is 0.225 e. The highest BCUT2D eigenvalue weighted by atomic mass is 127. The minimum absolute atomic E-state index is 0. The van der Waals surface area contributed by atoms with E-state index in [0.29, 0.717) is 0 Å². The van der Waals surface area contributed by atoms with Gasteiger partial charge in [0.25, 0.3) is 0 Å². The molecule has 1 fully saturated rings. The van der Waals surface area contributed by atoms with Crippen molar-refractivity contribution in [2.24, 2.45) is 4.99 Å². The number of hydrogen-bond acceptors (Lipinski definition) is 4. The summed E-state index contributed by atoms with van der Waals surface area (Å²) in [6.45, 7) is 9.81. The third kappa shape index (κ3) is 5.29. The third-order valence-corrected chi connectivity index (χ3v) is 3.23. The Hall–Kier alpha value is -1.12. The molecule has 0 spiro atoms. The summed E-state index contributed by atoms with van der Waals surface area (Å²) in [7, 11) is 0. The molecule has 2 heterocycles. The fourth-order valence-electron chi connectivity index (χ4n) is 2.22.